The van der Waals surface area contributed by atoms with Gasteiger partial charge in [-0.1, -0.05) is 17.7 Å². The second-order valence-electron chi connectivity index (χ2n) is 8.89. The van der Waals surface area contributed by atoms with Gasteiger partial charge in [0.25, 0.3) is 5.91 Å². The van der Waals surface area contributed by atoms with Crippen LogP contribution < -0.4 is 15.5 Å². The summed E-state index contributed by atoms with van der Waals surface area (Å²) in [6.07, 6.45) is 1.85. The van der Waals surface area contributed by atoms with E-state index in [4.69, 9.17) is 23.8 Å². The second-order valence-corrected chi connectivity index (χ2v) is 10.6. The summed E-state index contributed by atoms with van der Waals surface area (Å²) in [4.78, 5) is 21.7. The van der Waals surface area contributed by atoms with Crippen LogP contribution in [0.1, 0.15) is 34.3 Å². The molecule has 0 saturated carbocycles. The minimum atomic E-state index is -0.297. The lowest BCUT2D eigenvalue weighted by molar-refractivity contribution is 0.102. The molecule has 0 spiro atoms. The summed E-state index contributed by atoms with van der Waals surface area (Å²) >= 11 is 13.5. The number of aromatic nitrogens is 3. The maximum atomic E-state index is 12.8. The van der Waals surface area contributed by atoms with E-state index < -0.39 is 0 Å². The Labute approximate surface area is 223 Å². The number of halogens is 1. The molecule has 1 aliphatic rings. The van der Waals surface area contributed by atoms with Gasteiger partial charge in [-0.25, -0.2) is 4.98 Å². The Bertz CT molecular complexity index is 1390. The Kier molecular flexibility index (Phi) is 7.08. The smallest absolute Gasteiger partial charge is 0.276 e. The van der Waals surface area contributed by atoms with E-state index in [9.17, 15) is 4.79 Å². The number of fused-ring (bicyclic) bond motifs is 1. The van der Waals surface area contributed by atoms with E-state index >= 15 is 0 Å². The van der Waals surface area contributed by atoms with E-state index in [1.165, 1.54) is 11.3 Å². The number of nitrogens with one attached hydrogen (secondary N) is 3. The molecule has 0 unspecified atom stereocenters. The van der Waals surface area contributed by atoms with Crippen molar-refractivity contribution in [3.63, 3.8) is 0 Å². The first-order valence-corrected chi connectivity index (χ1v) is 13.3. The molecule has 1 saturated heterocycles. The molecular weight excluding hydrogens is 514 g/mol. The monoisotopic (exact) mass is 539 g/mol. The quantitative estimate of drug-likeness (QED) is 0.286. The number of hydrogen-bond donors (Lipinski definition) is 3. The van der Waals surface area contributed by atoms with Crippen LogP contribution in [0.15, 0.2) is 47.8 Å². The number of piperidine rings is 1. The molecule has 3 heterocycles. The number of benzene rings is 2. The van der Waals surface area contributed by atoms with Crippen LogP contribution in [0, 0.1) is 0 Å². The standard InChI is InChI=1S/C25H26ClN7OS2/c1-32(2)17-8-6-16(7-9-17)27-25(35)33-12-10-15(11-13-33)24-28-20(14-36-24)23(34)29-22-21-18(26)4-3-5-19(21)30-31-22/h3-9,14-15H,10-13H2,1-2H3,(H,27,35)(H2,29,30,31,34). The van der Waals surface area contributed by atoms with Crippen molar-refractivity contribution >= 4 is 74.3 Å². The third kappa shape index (κ3) is 5.16. The summed E-state index contributed by atoms with van der Waals surface area (Å²) < 4.78 is 0. The molecular formula is C25H26ClN7OS2. The maximum absolute atomic E-state index is 12.8. The topological polar surface area (TPSA) is 89.2 Å². The number of thiocarbonyl (C=S) groups is 1. The lowest BCUT2D eigenvalue weighted by Gasteiger charge is -2.33. The Balaban J connectivity index is 1.16. The van der Waals surface area contributed by atoms with Crippen molar-refractivity contribution in [3.05, 3.63) is 63.6 Å². The third-order valence-corrected chi connectivity index (χ3v) is 7.97. The number of anilines is 3. The normalized spacial score (nSPS) is 14.1. The zero-order chi connectivity index (χ0) is 25.2. The lowest BCUT2D eigenvalue weighted by Crippen LogP contribution is -2.40. The first-order valence-electron chi connectivity index (χ1n) is 11.6. The third-order valence-electron chi connectivity index (χ3n) is 6.29. The summed E-state index contributed by atoms with van der Waals surface area (Å²) in [6, 6.07) is 13.7. The average molecular weight is 540 g/mol. The number of aromatic amines is 1. The fraction of sp³-hybridized carbons (Fsp3) is 0.280. The molecule has 8 nitrogen and oxygen atoms in total. The summed E-state index contributed by atoms with van der Waals surface area (Å²) in [5, 5.41) is 18.0. The lowest BCUT2D eigenvalue weighted by atomic mass is 9.98. The van der Waals surface area contributed by atoms with Crippen LogP contribution in [0.25, 0.3) is 10.9 Å². The van der Waals surface area contributed by atoms with Crippen molar-refractivity contribution in [2.24, 2.45) is 0 Å². The molecule has 1 fully saturated rings. The number of nitrogens with zero attached hydrogens (tertiary/aromatic N) is 4. The Morgan fingerprint density at radius 2 is 1.92 bits per heavy atom. The second kappa shape index (κ2) is 10.4. The predicted octanol–water partition coefficient (Wildman–Crippen LogP) is 5.57. The molecule has 4 aromatic rings. The highest BCUT2D eigenvalue weighted by Crippen LogP contribution is 2.32. The van der Waals surface area contributed by atoms with Crippen LogP contribution in [0.5, 0.6) is 0 Å². The number of H-pyrrole nitrogens is 1. The number of amides is 1. The zero-order valence-electron chi connectivity index (χ0n) is 19.9. The zero-order valence-corrected chi connectivity index (χ0v) is 22.3. The number of carbonyl (C=O) groups excluding carboxylic acids is 1. The SMILES string of the molecule is CN(C)c1ccc(NC(=S)N2CCC(c3nc(C(=O)Nc4n[nH]c5cccc(Cl)c45)cs3)CC2)cc1. The molecule has 36 heavy (non-hydrogen) atoms. The van der Waals surface area contributed by atoms with Gasteiger partial charge in [-0.3, -0.25) is 9.89 Å². The van der Waals surface area contributed by atoms with Crippen LogP contribution in [-0.4, -0.2) is 58.3 Å². The van der Waals surface area contributed by atoms with Gasteiger partial charge in [0.15, 0.2) is 10.9 Å². The molecule has 0 aliphatic carbocycles. The van der Waals surface area contributed by atoms with Gasteiger partial charge < -0.3 is 20.4 Å². The molecule has 1 aliphatic heterocycles. The summed E-state index contributed by atoms with van der Waals surface area (Å²) in [5.74, 6) is 0.408. The molecule has 2 aromatic carbocycles. The van der Waals surface area contributed by atoms with Crippen molar-refractivity contribution in [2.45, 2.75) is 18.8 Å². The highest BCUT2D eigenvalue weighted by atomic mass is 35.5. The van der Waals surface area contributed by atoms with Crippen LogP contribution in [0.2, 0.25) is 5.02 Å². The van der Waals surface area contributed by atoms with E-state index in [2.05, 4.69) is 47.7 Å². The van der Waals surface area contributed by atoms with E-state index in [1.807, 2.05) is 38.4 Å². The van der Waals surface area contributed by atoms with Gasteiger partial charge in [0.2, 0.25) is 0 Å². The molecule has 1 amide bonds. The van der Waals surface area contributed by atoms with Crippen LogP contribution in [0.3, 0.4) is 0 Å². The first kappa shape index (κ1) is 24.5. The van der Waals surface area contributed by atoms with Crippen molar-refractivity contribution < 1.29 is 4.79 Å². The highest BCUT2D eigenvalue weighted by molar-refractivity contribution is 7.80. The molecule has 186 valence electrons. The van der Waals surface area contributed by atoms with Crippen LogP contribution in [0.4, 0.5) is 17.2 Å². The van der Waals surface area contributed by atoms with E-state index in [1.54, 1.807) is 11.4 Å². The largest absolute Gasteiger partial charge is 0.378 e. The molecule has 5 rings (SSSR count). The predicted molar refractivity (Wildman–Crippen MR) is 152 cm³/mol. The maximum Gasteiger partial charge on any atom is 0.276 e. The number of carbonyl (C=O) groups is 1. The molecule has 0 atom stereocenters. The minimum Gasteiger partial charge on any atom is -0.378 e. The summed E-state index contributed by atoms with van der Waals surface area (Å²) in [6.45, 7) is 1.68. The van der Waals surface area contributed by atoms with Gasteiger partial charge >= 0.3 is 0 Å². The van der Waals surface area contributed by atoms with E-state index in [0.29, 0.717) is 27.8 Å². The van der Waals surface area contributed by atoms with Gasteiger partial charge in [0.1, 0.15) is 5.69 Å². The van der Waals surface area contributed by atoms with E-state index in [-0.39, 0.29) is 5.91 Å². The number of thiazole rings is 1. The van der Waals surface area contributed by atoms with Gasteiger partial charge in [-0.15, -0.1) is 11.3 Å². The Hall–Kier alpha value is -3.21. The average Bonchev–Trinajstić information content (AvgIpc) is 3.53. The molecule has 3 N–H and O–H groups in total. The molecule has 0 radical (unpaired) electrons. The molecule has 0 bridgehead atoms. The van der Waals surface area contributed by atoms with E-state index in [0.717, 1.165) is 52.9 Å². The number of rotatable bonds is 5. The summed E-state index contributed by atoms with van der Waals surface area (Å²) in [7, 11) is 4.04. The van der Waals surface area contributed by atoms with Crippen molar-refractivity contribution in [1.82, 2.24) is 20.1 Å². The highest BCUT2D eigenvalue weighted by Gasteiger charge is 2.25. The molecule has 2 aromatic heterocycles. The van der Waals surface area contributed by atoms with Gasteiger partial charge in [0, 0.05) is 49.9 Å². The van der Waals surface area contributed by atoms with Crippen LogP contribution in [-0.2, 0) is 0 Å². The minimum absolute atomic E-state index is 0.297. The Morgan fingerprint density at radius 1 is 1.17 bits per heavy atom. The summed E-state index contributed by atoms with van der Waals surface area (Å²) in [5.41, 5.74) is 3.28. The van der Waals surface area contributed by atoms with Gasteiger partial charge in [0.05, 0.1) is 20.9 Å². The molecule has 11 heteroatoms. The van der Waals surface area contributed by atoms with Crippen molar-refractivity contribution in [2.75, 3.05) is 42.7 Å². The van der Waals surface area contributed by atoms with Gasteiger partial charge in [-0.05, 0) is 61.5 Å². The van der Waals surface area contributed by atoms with Gasteiger partial charge in [-0.2, -0.15) is 5.10 Å². The van der Waals surface area contributed by atoms with Crippen molar-refractivity contribution in [3.8, 4) is 0 Å². The first-order chi connectivity index (χ1) is 17.4. The number of likely N-dealkylation sites (tertiary alicyclic amines) is 1. The number of hydrogen-bond acceptors (Lipinski definition) is 6. The fourth-order valence-electron chi connectivity index (χ4n) is 4.25. The van der Waals surface area contributed by atoms with Crippen LogP contribution >= 0.6 is 35.2 Å². The fourth-order valence-corrected chi connectivity index (χ4v) is 5.78. The van der Waals surface area contributed by atoms with Crippen molar-refractivity contribution in [1.29, 1.82) is 0 Å². The Morgan fingerprint density at radius 3 is 2.64 bits per heavy atom.